The number of ether oxygens (including phenoxy) is 1. The molecule has 0 saturated heterocycles. The van der Waals surface area contributed by atoms with Crippen molar-refractivity contribution in [2.45, 2.75) is 18.2 Å². The lowest BCUT2D eigenvalue weighted by atomic mass is 10.3. The molecule has 0 bridgehead atoms. The molecule has 29 heavy (non-hydrogen) atoms. The van der Waals surface area contributed by atoms with E-state index in [9.17, 15) is 18.0 Å². The van der Waals surface area contributed by atoms with Crippen molar-refractivity contribution in [1.29, 1.82) is 0 Å². The van der Waals surface area contributed by atoms with Crippen molar-refractivity contribution in [1.82, 2.24) is 9.71 Å². The van der Waals surface area contributed by atoms with Crippen LogP contribution in [-0.2, 0) is 24.3 Å². The number of carbonyl (C=O) groups excluding carboxylic acids is 2. The molecule has 156 valence electrons. The van der Waals surface area contributed by atoms with Crippen LogP contribution in [0.5, 0.6) is 0 Å². The molecule has 0 aliphatic heterocycles. The zero-order chi connectivity index (χ0) is 21.6. The van der Waals surface area contributed by atoms with Gasteiger partial charge in [0.2, 0.25) is 10.0 Å². The number of esters is 1. The van der Waals surface area contributed by atoms with E-state index >= 15 is 0 Å². The van der Waals surface area contributed by atoms with Crippen molar-refractivity contribution < 1.29 is 22.7 Å². The fourth-order valence-corrected chi connectivity index (χ4v) is 3.76. The standard InChI is InChI=1S/C17H16Cl3N3O5S/c1-10-13(19)8-21-17(16(10)20)23-14(24)9-28-15(25)5-6-22-29(26,27)12-4-2-3-11(18)7-12/h2-4,7-8,22H,5-6,9H2,1H3,(H,21,23,24). The molecule has 1 heterocycles. The van der Waals surface area contributed by atoms with E-state index in [-0.39, 0.29) is 33.7 Å². The predicted octanol–water partition coefficient (Wildman–Crippen LogP) is 3.20. The number of rotatable bonds is 8. The van der Waals surface area contributed by atoms with Crippen LogP contribution in [0, 0.1) is 6.92 Å². The van der Waals surface area contributed by atoms with E-state index in [1.54, 1.807) is 6.92 Å². The quantitative estimate of drug-likeness (QED) is 0.561. The normalized spacial score (nSPS) is 11.2. The highest BCUT2D eigenvalue weighted by Gasteiger charge is 2.16. The molecule has 0 atom stereocenters. The molecule has 8 nitrogen and oxygen atoms in total. The SMILES string of the molecule is Cc1c(Cl)cnc(NC(=O)COC(=O)CCNS(=O)(=O)c2cccc(Cl)c2)c1Cl. The number of nitrogens with zero attached hydrogens (tertiary/aromatic N) is 1. The lowest BCUT2D eigenvalue weighted by Crippen LogP contribution is -2.28. The second-order valence-electron chi connectivity index (χ2n) is 5.71. The Morgan fingerprint density at radius 1 is 1.21 bits per heavy atom. The molecule has 1 aromatic carbocycles. The van der Waals surface area contributed by atoms with Gasteiger partial charge in [-0.15, -0.1) is 0 Å². The third kappa shape index (κ3) is 6.83. The van der Waals surface area contributed by atoms with Gasteiger partial charge in [-0.3, -0.25) is 9.59 Å². The Morgan fingerprint density at radius 3 is 2.62 bits per heavy atom. The third-order valence-corrected chi connectivity index (χ3v) is 6.09. The van der Waals surface area contributed by atoms with Gasteiger partial charge in [-0.1, -0.05) is 40.9 Å². The molecule has 2 aromatic rings. The summed E-state index contributed by atoms with van der Waals surface area (Å²) in [6, 6.07) is 5.68. The first-order chi connectivity index (χ1) is 13.6. The predicted molar refractivity (Wildman–Crippen MR) is 110 cm³/mol. The highest BCUT2D eigenvalue weighted by Crippen LogP contribution is 2.28. The van der Waals surface area contributed by atoms with Crippen LogP contribution in [0.3, 0.4) is 0 Å². The molecule has 0 saturated carbocycles. The molecule has 0 radical (unpaired) electrons. The van der Waals surface area contributed by atoms with Crippen LogP contribution in [0.1, 0.15) is 12.0 Å². The summed E-state index contributed by atoms with van der Waals surface area (Å²) in [5.41, 5.74) is 0.544. The summed E-state index contributed by atoms with van der Waals surface area (Å²) in [5, 5.41) is 3.19. The van der Waals surface area contributed by atoms with E-state index in [0.717, 1.165) is 0 Å². The number of aromatic nitrogens is 1. The second-order valence-corrected chi connectivity index (χ2v) is 8.70. The smallest absolute Gasteiger partial charge is 0.307 e. The maximum Gasteiger partial charge on any atom is 0.307 e. The number of sulfonamides is 1. The fourth-order valence-electron chi connectivity index (χ4n) is 2.04. The van der Waals surface area contributed by atoms with Crippen LogP contribution < -0.4 is 10.0 Å². The van der Waals surface area contributed by atoms with Crippen molar-refractivity contribution >= 4 is 62.5 Å². The summed E-state index contributed by atoms with van der Waals surface area (Å²) in [5.74, 6) is -1.34. The Labute approximate surface area is 182 Å². The van der Waals surface area contributed by atoms with E-state index in [1.807, 2.05) is 0 Å². The Bertz CT molecular complexity index is 1030. The lowest BCUT2D eigenvalue weighted by Gasteiger charge is -2.10. The zero-order valence-electron chi connectivity index (χ0n) is 15.0. The molecule has 0 fully saturated rings. The molecule has 2 N–H and O–H groups in total. The van der Waals surface area contributed by atoms with Gasteiger partial charge in [0.05, 0.1) is 21.4 Å². The largest absolute Gasteiger partial charge is 0.456 e. The summed E-state index contributed by atoms with van der Waals surface area (Å²) >= 11 is 17.7. The highest BCUT2D eigenvalue weighted by molar-refractivity contribution is 7.89. The number of nitrogens with one attached hydrogen (secondary N) is 2. The molecule has 0 spiro atoms. The Balaban J connectivity index is 1.78. The van der Waals surface area contributed by atoms with Gasteiger partial charge in [-0.2, -0.15) is 0 Å². The summed E-state index contributed by atoms with van der Waals surface area (Å²) < 4.78 is 31.3. The van der Waals surface area contributed by atoms with Crippen LogP contribution >= 0.6 is 34.8 Å². The van der Waals surface area contributed by atoms with Gasteiger partial charge in [0, 0.05) is 17.8 Å². The monoisotopic (exact) mass is 479 g/mol. The highest BCUT2D eigenvalue weighted by atomic mass is 35.5. The van der Waals surface area contributed by atoms with Gasteiger partial charge in [0.25, 0.3) is 5.91 Å². The number of hydrogen-bond donors (Lipinski definition) is 2. The van der Waals surface area contributed by atoms with Gasteiger partial charge >= 0.3 is 5.97 Å². The van der Waals surface area contributed by atoms with Crippen LogP contribution in [0.4, 0.5) is 5.82 Å². The van der Waals surface area contributed by atoms with E-state index < -0.39 is 28.5 Å². The molecule has 0 aliphatic rings. The molecule has 2 rings (SSSR count). The first-order valence-electron chi connectivity index (χ1n) is 8.11. The topological polar surface area (TPSA) is 114 Å². The minimum absolute atomic E-state index is 0.0274. The summed E-state index contributed by atoms with van der Waals surface area (Å²) in [6.07, 6.45) is 1.06. The average Bonchev–Trinajstić information content (AvgIpc) is 2.67. The molecular weight excluding hydrogens is 465 g/mol. The van der Waals surface area contributed by atoms with Crippen molar-refractivity contribution in [3.8, 4) is 0 Å². The van der Waals surface area contributed by atoms with Gasteiger partial charge in [0.1, 0.15) is 0 Å². The van der Waals surface area contributed by atoms with Crippen LogP contribution in [0.2, 0.25) is 15.1 Å². The van der Waals surface area contributed by atoms with E-state index in [1.165, 1.54) is 30.5 Å². The minimum atomic E-state index is -3.82. The molecule has 12 heteroatoms. The molecule has 0 aliphatic carbocycles. The first kappa shape index (κ1) is 23.4. The number of benzene rings is 1. The van der Waals surface area contributed by atoms with Gasteiger partial charge in [-0.05, 0) is 30.7 Å². The Morgan fingerprint density at radius 2 is 1.93 bits per heavy atom. The zero-order valence-corrected chi connectivity index (χ0v) is 18.1. The number of pyridine rings is 1. The number of halogens is 3. The third-order valence-electron chi connectivity index (χ3n) is 3.55. The van der Waals surface area contributed by atoms with Crippen LogP contribution in [-0.4, -0.2) is 38.4 Å². The average molecular weight is 481 g/mol. The molecule has 0 unspecified atom stereocenters. The van der Waals surface area contributed by atoms with Crippen molar-refractivity contribution in [3.63, 3.8) is 0 Å². The van der Waals surface area contributed by atoms with Gasteiger partial charge in [0.15, 0.2) is 12.4 Å². The van der Waals surface area contributed by atoms with Crippen LogP contribution in [0.15, 0.2) is 35.4 Å². The molecule has 1 aromatic heterocycles. The van der Waals surface area contributed by atoms with Gasteiger partial charge < -0.3 is 10.1 Å². The first-order valence-corrected chi connectivity index (χ1v) is 10.7. The number of anilines is 1. The van der Waals surface area contributed by atoms with Crippen molar-refractivity contribution in [2.24, 2.45) is 0 Å². The second kappa shape index (κ2) is 10.2. The maximum atomic E-state index is 12.1. The summed E-state index contributed by atoms with van der Waals surface area (Å²) in [6.45, 7) is 0.866. The maximum absolute atomic E-state index is 12.1. The van der Waals surface area contributed by atoms with Crippen LogP contribution in [0.25, 0.3) is 0 Å². The summed E-state index contributed by atoms with van der Waals surface area (Å²) in [4.78, 5) is 27.5. The summed E-state index contributed by atoms with van der Waals surface area (Å²) in [7, 11) is -3.82. The lowest BCUT2D eigenvalue weighted by molar-refractivity contribution is -0.147. The minimum Gasteiger partial charge on any atom is -0.456 e. The molecular formula is C17H16Cl3N3O5S. The molecule has 1 amide bonds. The Kier molecular flexibility index (Phi) is 8.23. The fraction of sp³-hybridized carbons (Fsp3) is 0.235. The van der Waals surface area contributed by atoms with E-state index in [2.05, 4.69) is 15.0 Å². The number of amides is 1. The van der Waals surface area contributed by atoms with Crippen molar-refractivity contribution in [3.05, 3.63) is 51.1 Å². The Hall–Kier alpha value is -1.91. The van der Waals surface area contributed by atoms with Gasteiger partial charge in [-0.25, -0.2) is 18.1 Å². The number of carbonyl (C=O) groups is 2. The van der Waals surface area contributed by atoms with E-state index in [4.69, 9.17) is 39.5 Å². The van der Waals surface area contributed by atoms with Crippen molar-refractivity contribution in [2.75, 3.05) is 18.5 Å². The number of hydrogen-bond acceptors (Lipinski definition) is 6. The van der Waals surface area contributed by atoms with E-state index in [0.29, 0.717) is 10.6 Å².